The number of nitrogens with one attached hydrogen (secondary N) is 1. The summed E-state index contributed by atoms with van der Waals surface area (Å²) in [6, 6.07) is 20.3. The minimum absolute atomic E-state index is 0.128. The van der Waals surface area contributed by atoms with Crippen molar-refractivity contribution in [1.29, 1.82) is 0 Å². The number of rotatable bonds is 11. The van der Waals surface area contributed by atoms with Crippen LogP contribution in [-0.4, -0.2) is 50.5 Å². The zero-order valence-corrected chi connectivity index (χ0v) is 22.2. The molecule has 7 nitrogen and oxygen atoms in total. The van der Waals surface area contributed by atoms with Crippen LogP contribution in [0.1, 0.15) is 18.1 Å². The fourth-order valence-electron chi connectivity index (χ4n) is 3.90. The molecule has 0 radical (unpaired) electrons. The zero-order chi connectivity index (χ0) is 27.0. The molecule has 0 saturated carbocycles. The van der Waals surface area contributed by atoms with E-state index >= 15 is 0 Å². The molecule has 196 valence electrons. The van der Waals surface area contributed by atoms with Crippen molar-refractivity contribution in [3.8, 4) is 0 Å². The van der Waals surface area contributed by atoms with E-state index in [0.717, 1.165) is 16.1 Å². The summed E-state index contributed by atoms with van der Waals surface area (Å²) >= 11 is 6.26. The van der Waals surface area contributed by atoms with E-state index in [4.69, 9.17) is 11.6 Å². The normalized spacial score (nSPS) is 12.0. The summed E-state index contributed by atoms with van der Waals surface area (Å²) in [5, 5.41) is 2.89. The van der Waals surface area contributed by atoms with Crippen LogP contribution in [0.3, 0.4) is 0 Å². The zero-order valence-electron chi connectivity index (χ0n) is 20.6. The van der Waals surface area contributed by atoms with E-state index in [0.29, 0.717) is 6.54 Å². The van der Waals surface area contributed by atoms with Crippen LogP contribution in [0.4, 0.5) is 10.1 Å². The predicted molar refractivity (Wildman–Crippen MR) is 143 cm³/mol. The van der Waals surface area contributed by atoms with Gasteiger partial charge < -0.3 is 10.2 Å². The van der Waals surface area contributed by atoms with Gasteiger partial charge in [-0.25, -0.2) is 12.8 Å². The molecule has 0 aliphatic carbocycles. The van der Waals surface area contributed by atoms with Gasteiger partial charge >= 0.3 is 0 Å². The highest BCUT2D eigenvalue weighted by molar-refractivity contribution is 7.92. The number of carbonyl (C=O) groups excluding carboxylic acids is 2. The van der Waals surface area contributed by atoms with Crippen LogP contribution in [0.25, 0.3) is 0 Å². The molecule has 3 aromatic carbocycles. The Kier molecular flexibility index (Phi) is 9.66. The average Bonchev–Trinajstić information content (AvgIpc) is 2.86. The Morgan fingerprint density at radius 2 is 1.59 bits per heavy atom. The number of anilines is 1. The van der Waals surface area contributed by atoms with Crippen LogP contribution < -0.4 is 9.62 Å². The lowest BCUT2D eigenvalue weighted by Crippen LogP contribution is -2.53. The molecule has 10 heteroatoms. The Labute approximate surface area is 221 Å². The van der Waals surface area contributed by atoms with E-state index in [1.54, 1.807) is 25.1 Å². The number of sulfonamides is 1. The standard InChI is InChI=1S/C27H29ClFN3O4S/c1-3-30-27(34)25(17-20-11-5-4-6-12-20)31(18-21-13-7-9-15-23(21)29)26(33)19-32(37(2,35)36)24-16-10-8-14-22(24)28/h4-16,25H,3,17-19H2,1-2H3,(H,30,34)/t25-/m0/s1. The highest BCUT2D eigenvalue weighted by Crippen LogP contribution is 2.28. The molecule has 0 heterocycles. The van der Waals surface area contributed by atoms with Crippen LogP contribution in [0.15, 0.2) is 78.9 Å². The van der Waals surface area contributed by atoms with E-state index < -0.39 is 40.2 Å². The first-order chi connectivity index (χ1) is 17.6. The maximum Gasteiger partial charge on any atom is 0.244 e. The van der Waals surface area contributed by atoms with Crippen molar-refractivity contribution in [2.75, 3.05) is 23.7 Å². The summed E-state index contributed by atoms with van der Waals surface area (Å²) in [4.78, 5) is 28.3. The predicted octanol–water partition coefficient (Wildman–Crippen LogP) is 4.02. The largest absolute Gasteiger partial charge is 0.355 e. The van der Waals surface area contributed by atoms with Crippen molar-refractivity contribution >= 4 is 39.1 Å². The maximum absolute atomic E-state index is 14.7. The quantitative estimate of drug-likeness (QED) is 0.394. The number of hydrogen-bond acceptors (Lipinski definition) is 4. The van der Waals surface area contributed by atoms with Gasteiger partial charge in [-0.2, -0.15) is 0 Å². The van der Waals surface area contributed by atoms with Crippen LogP contribution in [-0.2, 0) is 32.6 Å². The molecule has 1 atom stereocenters. The van der Waals surface area contributed by atoms with E-state index in [2.05, 4.69) is 5.32 Å². The highest BCUT2D eigenvalue weighted by Gasteiger charge is 2.33. The van der Waals surface area contributed by atoms with Crippen molar-refractivity contribution in [3.63, 3.8) is 0 Å². The Morgan fingerprint density at radius 3 is 2.22 bits per heavy atom. The van der Waals surface area contributed by atoms with Crippen LogP contribution in [0.5, 0.6) is 0 Å². The van der Waals surface area contributed by atoms with Crippen molar-refractivity contribution in [3.05, 3.63) is 101 Å². The molecule has 37 heavy (non-hydrogen) atoms. The monoisotopic (exact) mass is 545 g/mol. The SMILES string of the molecule is CCNC(=O)[C@H](Cc1ccccc1)N(Cc1ccccc1F)C(=O)CN(c1ccccc1Cl)S(C)(=O)=O. The molecule has 3 rings (SSSR count). The van der Waals surface area contributed by atoms with E-state index in [9.17, 15) is 22.4 Å². The molecule has 0 saturated heterocycles. The van der Waals surface area contributed by atoms with Crippen LogP contribution >= 0.6 is 11.6 Å². The molecular formula is C27H29ClFN3O4S. The molecule has 0 aliphatic rings. The first-order valence-electron chi connectivity index (χ1n) is 11.7. The number of carbonyl (C=O) groups is 2. The average molecular weight is 546 g/mol. The lowest BCUT2D eigenvalue weighted by Gasteiger charge is -2.33. The summed E-state index contributed by atoms with van der Waals surface area (Å²) in [6.07, 6.45) is 1.12. The second-order valence-corrected chi connectivity index (χ2v) is 10.7. The Hall–Kier alpha value is -3.43. The van der Waals surface area contributed by atoms with Crippen LogP contribution in [0, 0.1) is 5.82 Å². The lowest BCUT2D eigenvalue weighted by atomic mass is 10.0. The Balaban J connectivity index is 2.06. The summed E-state index contributed by atoms with van der Waals surface area (Å²) in [5.74, 6) is -1.65. The highest BCUT2D eigenvalue weighted by atomic mass is 35.5. The number of halogens is 2. The minimum Gasteiger partial charge on any atom is -0.355 e. The van der Waals surface area contributed by atoms with E-state index in [1.807, 2.05) is 30.3 Å². The van der Waals surface area contributed by atoms with Gasteiger partial charge in [0.15, 0.2) is 0 Å². The van der Waals surface area contributed by atoms with E-state index in [-0.39, 0.29) is 29.2 Å². The molecule has 0 bridgehead atoms. The van der Waals surface area contributed by atoms with Crippen LogP contribution in [0.2, 0.25) is 5.02 Å². The van der Waals surface area contributed by atoms with Gasteiger partial charge in [-0.05, 0) is 30.7 Å². The molecular weight excluding hydrogens is 517 g/mol. The first kappa shape index (κ1) is 28.1. The van der Waals surface area contributed by atoms with Crippen molar-refractivity contribution in [2.24, 2.45) is 0 Å². The molecule has 0 aliphatic heterocycles. The number of benzene rings is 3. The first-order valence-corrected chi connectivity index (χ1v) is 13.9. The number of nitrogens with zero attached hydrogens (tertiary/aromatic N) is 2. The van der Waals surface area contributed by atoms with Crippen molar-refractivity contribution in [2.45, 2.75) is 25.9 Å². The third-order valence-corrected chi connectivity index (χ3v) is 7.17. The summed E-state index contributed by atoms with van der Waals surface area (Å²) in [6.45, 7) is 1.21. The molecule has 0 aromatic heterocycles. The number of hydrogen-bond donors (Lipinski definition) is 1. The number of para-hydroxylation sites is 1. The van der Waals surface area contributed by atoms with Gasteiger partial charge in [-0.1, -0.05) is 72.3 Å². The third-order valence-electron chi connectivity index (χ3n) is 5.72. The Bertz CT molecular complexity index is 1340. The molecule has 0 spiro atoms. The molecule has 0 fully saturated rings. The van der Waals surface area contributed by atoms with Gasteiger partial charge in [0.05, 0.1) is 17.0 Å². The topological polar surface area (TPSA) is 86.8 Å². The second kappa shape index (κ2) is 12.7. The fraction of sp³-hybridized carbons (Fsp3) is 0.259. The summed E-state index contributed by atoms with van der Waals surface area (Å²) in [5.41, 5.74) is 1.11. The van der Waals surface area contributed by atoms with Gasteiger partial charge in [-0.3, -0.25) is 13.9 Å². The molecule has 1 N–H and O–H groups in total. The van der Waals surface area contributed by atoms with Gasteiger partial charge in [-0.15, -0.1) is 0 Å². The van der Waals surface area contributed by atoms with Gasteiger partial charge in [0.1, 0.15) is 18.4 Å². The summed E-state index contributed by atoms with van der Waals surface area (Å²) < 4.78 is 41.0. The van der Waals surface area contributed by atoms with Gasteiger partial charge in [0.2, 0.25) is 21.8 Å². The smallest absolute Gasteiger partial charge is 0.244 e. The maximum atomic E-state index is 14.7. The van der Waals surface area contributed by atoms with Gasteiger partial charge in [0, 0.05) is 25.1 Å². The second-order valence-electron chi connectivity index (χ2n) is 8.43. The van der Waals surface area contributed by atoms with E-state index in [1.165, 1.54) is 35.2 Å². The minimum atomic E-state index is -3.94. The molecule has 2 amide bonds. The Morgan fingerprint density at radius 1 is 0.973 bits per heavy atom. The van der Waals surface area contributed by atoms with Gasteiger partial charge in [0.25, 0.3) is 0 Å². The molecule has 0 unspecified atom stereocenters. The van der Waals surface area contributed by atoms with Crippen molar-refractivity contribution < 1.29 is 22.4 Å². The third kappa shape index (κ3) is 7.53. The number of likely N-dealkylation sites (N-methyl/N-ethyl adjacent to an activating group) is 1. The molecule has 3 aromatic rings. The number of amides is 2. The lowest BCUT2D eigenvalue weighted by molar-refractivity contribution is -0.140. The fourth-order valence-corrected chi connectivity index (χ4v) is 5.05. The summed E-state index contributed by atoms with van der Waals surface area (Å²) in [7, 11) is -3.94. The van der Waals surface area contributed by atoms with Crippen molar-refractivity contribution in [1.82, 2.24) is 10.2 Å².